The predicted molar refractivity (Wildman–Crippen MR) is 94.8 cm³/mol. The largest absolute Gasteiger partial charge is 0.465 e. The van der Waals surface area contributed by atoms with Crippen LogP contribution in [0.5, 0.6) is 0 Å². The zero-order chi connectivity index (χ0) is 19.6. The summed E-state index contributed by atoms with van der Waals surface area (Å²) >= 11 is 0. The summed E-state index contributed by atoms with van der Waals surface area (Å²) in [6.07, 6.45) is -0.267. The van der Waals surface area contributed by atoms with E-state index in [4.69, 9.17) is 13.7 Å². The number of hydrogen-bond donors (Lipinski definition) is 0. The molecule has 8 heteroatoms. The van der Waals surface area contributed by atoms with Crippen LogP contribution in [-0.4, -0.2) is 39.7 Å². The molecule has 7 nitrogen and oxygen atoms in total. The van der Waals surface area contributed by atoms with Gasteiger partial charge < -0.3 is 9.47 Å². The molecule has 0 spiro atoms. The Morgan fingerprint density at radius 2 is 1.46 bits per heavy atom. The Balaban J connectivity index is 3.11. The molecule has 0 bridgehead atoms. The van der Waals surface area contributed by atoms with Gasteiger partial charge in [0, 0.05) is 0 Å². The molecular weight excluding hydrogens is 360 g/mol. The van der Waals surface area contributed by atoms with Gasteiger partial charge in [-0.1, -0.05) is 39.0 Å². The van der Waals surface area contributed by atoms with Crippen molar-refractivity contribution in [1.29, 1.82) is 0 Å². The van der Waals surface area contributed by atoms with E-state index in [0.29, 0.717) is 12.8 Å². The van der Waals surface area contributed by atoms with Gasteiger partial charge in [-0.15, -0.1) is 0 Å². The summed E-state index contributed by atoms with van der Waals surface area (Å²) in [7, 11) is -4.25. The first-order chi connectivity index (χ1) is 12.4. The maximum absolute atomic E-state index is 12.5. The molecule has 0 heterocycles. The Hall–Kier alpha value is -1.93. The molecule has 0 saturated heterocycles. The highest BCUT2D eigenvalue weighted by Crippen LogP contribution is 2.22. The third kappa shape index (κ3) is 6.42. The van der Waals surface area contributed by atoms with E-state index in [-0.39, 0.29) is 24.5 Å². The number of esters is 2. The Bertz CT molecular complexity index is 670. The molecule has 0 unspecified atom stereocenters. The average molecular weight is 386 g/mol. The van der Waals surface area contributed by atoms with Gasteiger partial charge in [-0.3, -0.25) is 8.98 Å². The average Bonchev–Trinajstić information content (AvgIpc) is 2.64. The Morgan fingerprint density at radius 3 is 1.96 bits per heavy atom. The first-order valence-electron chi connectivity index (χ1n) is 8.68. The zero-order valence-corrected chi connectivity index (χ0v) is 16.2. The van der Waals surface area contributed by atoms with Crippen molar-refractivity contribution < 1.29 is 31.7 Å². The highest BCUT2D eigenvalue weighted by Gasteiger charge is 2.39. The Morgan fingerprint density at radius 1 is 0.923 bits per heavy atom. The summed E-state index contributed by atoms with van der Waals surface area (Å²) in [5.41, 5.74) is 0. The van der Waals surface area contributed by atoms with Gasteiger partial charge in [0.1, 0.15) is 0 Å². The third-order valence-corrected chi connectivity index (χ3v) is 4.81. The molecule has 0 aliphatic carbocycles. The molecule has 1 aromatic carbocycles. The highest BCUT2D eigenvalue weighted by molar-refractivity contribution is 7.86. The molecule has 0 N–H and O–H groups in total. The van der Waals surface area contributed by atoms with Crippen LogP contribution in [0.4, 0.5) is 0 Å². The number of carbonyl (C=O) groups is 2. The van der Waals surface area contributed by atoms with Crippen LogP contribution in [0.3, 0.4) is 0 Å². The maximum atomic E-state index is 12.5. The van der Waals surface area contributed by atoms with E-state index >= 15 is 0 Å². The van der Waals surface area contributed by atoms with Gasteiger partial charge in [0.25, 0.3) is 10.1 Å². The summed E-state index contributed by atoms with van der Waals surface area (Å²) in [4.78, 5) is 24.5. The fourth-order valence-corrected chi connectivity index (χ4v) is 3.24. The molecule has 1 aromatic rings. The highest BCUT2D eigenvalue weighted by atomic mass is 32.2. The zero-order valence-electron chi connectivity index (χ0n) is 15.3. The minimum absolute atomic E-state index is 0.102. The summed E-state index contributed by atoms with van der Waals surface area (Å²) < 4.78 is 40.2. The van der Waals surface area contributed by atoms with Gasteiger partial charge >= 0.3 is 11.9 Å². The summed E-state index contributed by atoms with van der Waals surface area (Å²) in [5, 5.41) is 0. The van der Waals surface area contributed by atoms with Crippen LogP contribution in [0.1, 0.15) is 40.0 Å². The molecule has 0 fully saturated rings. The molecule has 0 aliphatic rings. The second kappa shape index (κ2) is 10.9. The molecule has 0 saturated carbocycles. The monoisotopic (exact) mass is 386 g/mol. The fourth-order valence-electron chi connectivity index (χ4n) is 2.15. The maximum Gasteiger partial charge on any atom is 0.337 e. The topological polar surface area (TPSA) is 96.0 Å². The molecular formula is C18H26O7S. The van der Waals surface area contributed by atoms with Crippen molar-refractivity contribution in [3.05, 3.63) is 30.3 Å². The van der Waals surface area contributed by atoms with Crippen LogP contribution in [0.25, 0.3) is 0 Å². The lowest BCUT2D eigenvalue weighted by molar-refractivity contribution is -0.164. The normalized spacial score (nSPS) is 13.7. The number of hydrogen-bond acceptors (Lipinski definition) is 7. The quantitative estimate of drug-likeness (QED) is 0.426. The lowest BCUT2D eigenvalue weighted by Crippen LogP contribution is -2.40. The van der Waals surface area contributed by atoms with E-state index in [1.54, 1.807) is 19.9 Å². The van der Waals surface area contributed by atoms with Crippen LogP contribution in [0, 0.1) is 5.92 Å². The molecule has 0 aliphatic heterocycles. The summed E-state index contributed by atoms with van der Waals surface area (Å²) in [6.45, 7) is 5.56. The molecule has 26 heavy (non-hydrogen) atoms. The second-order valence-corrected chi connectivity index (χ2v) is 7.21. The van der Waals surface area contributed by atoms with Crippen LogP contribution in [0.2, 0.25) is 0 Å². The van der Waals surface area contributed by atoms with Gasteiger partial charge in [-0.05, 0) is 31.4 Å². The minimum Gasteiger partial charge on any atom is -0.465 e. The molecule has 0 amide bonds. The molecule has 2 atom stereocenters. The van der Waals surface area contributed by atoms with Gasteiger partial charge in [-0.2, -0.15) is 8.42 Å². The predicted octanol–water partition coefficient (Wildman–Crippen LogP) is 2.69. The first kappa shape index (κ1) is 22.1. The smallest absolute Gasteiger partial charge is 0.337 e. The van der Waals surface area contributed by atoms with E-state index in [2.05, 4.69) is 0 Å². The SMILES string of the molecule is CCCOC(=O)[C@@H](CC)[C@@H](OS(=O)(=O)c1ccccc1)C(=O)OCCC. The van der Waals surface area contributed by atoms with Gasteiger partial charge in [-0.25, -0.2) is 4.79 Å². The summed E-state index contributed by atoms with van der Waals surface area (Å²) in [5.74, 6) is -2.66. The molecule has 146 valence electrons. The number of rotatable bonds is 11. The summed E-state index contributed by atoms with van der Waals surface area (Å²) in [6, 6.07) is 7.42. The Labute approximate surface area is 154 Å². The van der Waals surface area contributed by atoms with Crippen molar-refractivity contribution in [2.75, 3.05) is 13.2 Å². The van der Waals surface area contributed by atoms with Gasteiger partial charge in [0.15, 0.2) is 6.10 Å². The fraction of sp³-hybridized carbons (Fsp3) is 0.556. The van der Waals surface area contributed by atoms with Crippen LogP contribution >= 0.6 is 0 Å². The third-order valence-electron chi connectivity index (χ3n) is 3.50. The standard InChI is InChI=1S/C18H26O7S/c1-4-12-23-17(19)15(6-3)16(18(20)24-13-5-2)25-26(21,22)14-10-8-7-9-11-14/h7-11,15-16H,4-6,12-13H2,1-3H3/t15-,16+/m0/s1. The van der Waals surface area contributed by atoms with Crippen LogP contribution in [0.15, 0.2) is 35.2 Å². The second-order valence-electron chi connectivity index (χ2n) is 5.63. The molecule has 1 rings (SSSR count). The van der Waals surface area contributed by atoms with E-state index in [1.807, 2.05) is 6.92 Å². The van der Waals surface area contributed by atoms with E-state index < -0.39 is 34.1 Å². The van der Waals surface area contributed by atoms with Crippen molar-refractivity contribution in [3.8, 4) is 0 Å². The van der Waals surface area contributed by atoms with E-state index in [9.17, 15) is 18.0 Å². The van der Waals surface area contributed by atoms with Gasteiger partial charge in [0.05, 0.1) is 24.0 Å². The van der Waals surface area contributed by atoms with E-state index in [1.165, 1.54) is 24.3 Å². The lowest BCUT2D eigenvalue weighted by Gasteiger charge is -2.23. The van der Waals surface area contributed by atoms with E-state index in [0.717, 1.165) is 0 Å². The number of benzene rings is 1. The van der Waals surface area contributed by atoms with Crippen molar-refractivity contribution in [1.82, 2.24) is 0 Å². The number of ether oxygens (including phenoxy) is 2. The first-order valence-corrected chi connectivity index (χ1v) is 10.1. The van der Waals surface area contributed by atoms with Crippen molar-refractivity contribution >= 4 is 22.1 Å². The van der Waals surface area contributed by atoms with Gasteiger partial charge in [0.2, 0.25) is 0 Å². The lowest BCUT2D eigenvalue weighted by atomic mass is 10.00. The van der Waals surface area contributed by atoms with Crippen LogP contribution in [-0.2, 0) is 33.4 Å². The van der Waals surface area contributed by atoms with Crippen LogP contribution < -0.4 is 0 Å². The molecule has 0 aromatic heterocycles. The minimum atomic E-state index is -4.25. The number of carbonyl (C=O) groups excluding carboxylic acids is 2. The molecule has 0 radical (unpaired) electrons. The van der Waals surface area contributed by atoms with Crippen molar-refractivity contribution in [3.63, 3.8) is 0 Å². The van der Waals surface area contributed by atoms with Crippen molar-refractivity contribution in [2.45, 2.75) is 51.0 Å². The Kier molecular flexibility index (Phi) is 9.29. The van der Waals surface area contributed by atoms with Crippen molar-refractivity contribution in [2.24, 2.45) is 5.92 Å².